The van der Waals surface area contributed by atoms with Gasteiger partial charge in [0.2, 0.25) is 0 Å². The van der Waals surface area contributed by atoms with Gasteiger partial charge in [-0.15, -0.1) is 15.3 Å². The Kier molecular flexibility index (Phi) is 4.29. The predicted octanol–water partition coefficient (Wildman–Crippen LogP) is 2.26. The van der Waals surface area contributed by atoms with Gasteiger partial charge in [0.15, 0.2) is 11.5 Å². The lowest BCUT2D eigenvalue weighted by atomic mass is 10.2. The maximum Gasteiger partial charge on any atom is 0.185 e. The molecule has 0 fully saturated rings. The molecule has 0 unspecified atom stereocenters. The van der Waals surface area contributed by atoms with Crippen molar-refractivity contribution in [2.45, 2.75) is 6.92 Å². The summed E-state index contributed by atoms with van der Waals surface area (Å²) in [5, 5.41) is 13.1. The first-order chi connectivity index (χ1) is 10.8. The highest BCUT2D eigenvalue weighted by Crippen LogP contribution is 2.18. The number of benzene rings is 1. The molecule has 1 aromatic carbocycles. The van der Waals surface area contributed by atoms with Crippen LogP contribution in [0.15, 0.2) is 42.5 Å². The Morgan fingerprint density at radius 3 is 2.68 bits per heavy atom. The van der Waals surface area contributed by atoms with E-state index in [1.165, 1.54) is 0 Å². The van der Waals surface area contributed by atoms with Crippen LogP contribution in [-0.4, -0.2) is 46.6 Å². The van der Waals surface area contributed by atoms with Crippen molar-refractivity contribution in [3.63, 3.8) is 0 Å². The number of rotatable bonds is 6. The number of aromatic nitrogens is 4. The monoisotopic (exact) mass is 297 g/mol. The highest BCUT2D eigenvalue weighted by molar-refractivity contribution is 5.59. The quantitative estimate of drug-likeness (QED) is 0.653. The highest BCUT2D eigenvalue weighted by atomic mass is 16.5. The molecule has 2 heterocycles. The van der Waals surface area contributed by atoms with E-state index >= 15 is 0 Å². The number of ether oxygens (including phenoxy) is 1. The van der Waals surface area contributed by atoms with Crippen LogP contribution in [-0.2, 0) is 4.74 Å². The van der Waals surface area contributed by atoms with Gasteiger partial charge in [-0.3, -0.25) is 0 Å². The number of nitrogens with zero attached hydrogens (tertiary/aromatic N) is 5. The minimum Gasteiger partial charge on any atom is -0.380 e. The molecular formula is C16H19N5O. The van der Waals surface area contributed by atoms with E-state index in [2.05, 4.69) is 20.2 Å². The normalized spacial score (nSPS) is 11.0. The molecule has 0 saturated heterocycles. The summed E-state index contributed by atoms with van der Waals surface area (Å²) in [6.45, 7) is 4.19. The molecule has 3 aromatic rings. The van der Waals surface area contributed by atoms with Gasteiger partial charge in [0, 0.05) is 25.8 Å². The van der Waals surface area contributed by atoms with E-state index in [1.54, 1.807) is 4.52 Å². The van der Waals surface area contributed by atoms with E-state index in [9.17, 15) is 0 Å². The van der Waals surface area contributed by atoms with Crippen LogP contribution in [0.4, 0.5) is 5.82 Å². The minimum absolute atomic E-state index is 0.681. The molecule has 0 aliphatic carbocycles. The SMILES string of the molecule is CCOCCN(C)c1ccc2nnc(-c3ccccc3)n2n1. The number of likely N-dealkylation sites (N-methyl/N-ethyl adjacent to an activating group) is 1. The van der Waals surface area contributed by atoms with Crippen molar-refractivity contribution >= 4 is 11.5 Å². The summed E-state index contributed by atoms with van der Waals surface area (Å²) in [7, 11) is 2.00. The molecule has 0 aliphatic rings. The molecule has 0 spiro atoms. The second kappa shape index (κ2) is 6.53. The van der Waals surface area contributed by atoms with Crippen LogP contribution in [0.1, 0.15) is 6.92 Å². The van der Waals surface area contributed by atoms with Crippen molar-refractivity contribution in [2.75, 3.05) is 31.7 Å². The molecule has 0 bridgehead atoms. The second-order valence-electron chi connectivity index (χ2n) is 4.97. The smallest absolute Gasteiger partial charge is 0.185 e. The number of fused-ring (bicyclic) bond motifs is 1. The zero-order valence-corrected chi connectivity index (χ0v) is 12.8. The number of hydrogen-bond acceptors (Lipinski definition) is 5. The Morgan fingerprint density at radius 2 is 1.91 bits per heavy atom. The minimum atomic E-state index is 0.681. The van der Waals surface area contributed by atoms with Crippen LogP contribution in [0.3, 0.4) is 0 Å². The van der Waals surface area contributed by atoms with Crippen LogP contribution < -0.4 is 4.90 Å². The zero-order valence-electron chi connectivity index (χ0n) is 12.8. The summed E-state index contributed by atoms with van der Waals surface area (Å²) in [6, 6.07) is 13.8. The number of hydrogen-bond donors (Lipinski definition) is 0. The lowest BCUT2D eigenvalue weighted by Crippen LogP contribution is -2.24. The first-order valence-electron chi connectivity index (χ1n) is 7.36. The van der Waals surface area contributed by atoms with E-state index in [0.29, 0.717) is 6.61 Å². The first kappa shape index (κ1) is 14.5. The maximum absolute atomic E-state index is 5.39. The van der Waals surface area contributed by atoms with Gasteiger partial charge in [-0.1, -0.05) is 30.3 Å². The summed E-state index contributed by atoms with van der Waals surface area (Å²) in [5.41, 5.74) is 1.73. The molecule has 0 amide bonds. The standard InChI is InChI=1S/C16H19N5O/c1-3-22-12-11-20(2)15-10-9-14-17-18-16(21(14)19-15)13-7-5-4-6-8-13/h4-10H,3,11-12H2,1-2H3. The van der Waals surface area contributed by atoms with Crippen LogP contribution in [0.2, 0.25) is 0 Å². The molecule has 6 nitrogen and oxygen atoms in total. The van der Waals surface area contributed by atoms with Gasteiger partial charge < -0.3 is 9.64 Å². The molecular weight excluding hydrogens is 278 g/mol. The fourth-order valence-corrected chi connectivity index (χ4v) is 2.21. The summed E-state index contributed by atoms with van der Waals surface area (Å²) in [5.74, 6) is 1.61. The van der Waals surface area contributed by atoms with Crippen molar-refractivity contribution in [2.24, 2.45) is 0 Å². The van der Waals surface area contributed by atoms with Gasteiger partial charge in [0.25, 0.3) is 0 Å². The van der Waals surface area contributed by atoms with Crippen LogP contribution in [0.25, 0.3) is 17.0 Å². The second-order valence-corrected chi connectivity index (χ2v) is 4.97. The van der Waals surface area contributed by atoms with Gasteiger partial charge in [0.1, 0.15) is 5.82 Å². The third-order valence-electron chi connectivity index (χ3n) is 3.45. The predicted molar refractivity (Wildman–Crippen MR) is 86.0 cm³/mol. The van der Waals surface area contributed by atoms with Crippen LogP contribution >= 0.6 is 0 Å². The van der Waals surface area contributed by atoms with Crippen LogP contribution in [0.5, 0.6) is 0 Å². The summed E-state index contributed by atoms with van der Waals surface area (Å²) in [6.07, 6.45) is 0. The van der Waals surface area contributed by atoms with Gasteiger partial charge >= 0.3 is 0 Å². The Bertz CT molecular complexity index is 741. The van der Waals surface area contributed by atoms with E-state index in [1.807, 2.05) is 56.4 Å². The lowest BCUT2D eigenvalue weighted by Gasteiger charge is -2.17. The molecule has 0 atom stereocenters. The van der Waals surface area contributed by atoms with Gasteiger partial charge in [-0.2, -0.15) is 4.52 Å². The Morgan fingerprint density at radius 1 is 1.09 bits per heavy atom. The van der Waals surface area contributed by atoms with E-state index in [4.69, 9.17) is 4.74 Å². The maximum atomic E-state index is 5.39. The van der Waals surface area contributed by atoms with Gasteiger partial charge in [-0.25, -0.2) is 0 Å². The highest BCUT2D eigenvalue weighted by Gasteiger charge is 2.11. The molecule has 0 aliphatic heterocycles. The molecule has 0 N–H and O–H groups in total. The Hall–Kier alpha value is -2.47. The van der Waals surface area contributed by atoms with Crippen molar-refractivity contribution in [1.29, 1.82) is 0 Å². The third-order valence-corrected chi connectivity index (χ3v) is 3.45. The van der Waals surface area contributed by atoms with Gasteiger partial charge in [-0.05, 0) is 19.1 Å². The Labute approximate surface area is 129 Å². The average molecular weight is 297 g/mol. The van der Waals surface area contributed by atoms with Crippen molar-refractivity contribution in [3.8, 4) is 11.4 Å². The van der Waals surface area contributed by atoms with Crippen molar-refractivity contribution in [3.05, 3.63) is 42.5 Å². The summed E-state index contributed by atoms with van der Waals surface area (Å²) in [4.78, 5) is 2.06. The fourth-order valence-electron chi connectivity index (χ4n) is 2.21. The topological polar surface area (TPSA) is 55.5 Å². The first-order valence-corrected chi connectivity index (χ1v) is 7.36. The molecule has 0 saturated carbocycles. The summed E-state index contributed by atoms with van der Waals surface area (Å²) < 4.78 is 7.17. The summed E-state index contributed by atoms with van der Waals surface area (Å²) >= 11 is 0. The zero-order chi connectivity index (χ0) is 15.4. The van der Waals surface area contributed by atoms with Crippen LogP contribution in [0, 0.1) is 0 Å². The largest absolute Gasteiger partial charge is 0.380 e. The molecule has 114 valence electrons. The van der Waals surface area contributed by atoms with Crippen molar-refractivity contribution in [1.82, 2.24) is 19.8 Å². The van der Waals surface area contributed by atoms with Gasteiger partial charge in [0.05, 0.1) is 6.61 Å². The molecule has 2 aromatic heterocycles. The average Bonchev–Trinajstić information content (AvgIpc) is 2.99. The molecule has 0 radical (unpaired) electrons. The Balaban J connectivity index is 1.92. The van der Waals surface area contributed by atoms with E-state index < -0.39 is 0 Å². The fraction of sp³-hybridized carbons (Fsp3) is 0.312. The van der Waals surface area contributed by atoms with E-state index in [-0.39, 0.29) is 0 Å². The molecule has 3 rings (SSSR count). The molecule has 22 heavy (non-hydrogen) atoms. The van der Waals surface area contributed by atoms with Crippen molar-refractivity contribution < 1.29 is 4.74 Å². The third kappa shape index (κ3) is 2.92. The number of anilines is 1. The lowest BCUT2D eigenvalue weighted by molar-refractivity contribution is 0.154. The molecule has 6 heteroatoms. The van der Waals surface area contributed by atoms with E-state index in [0.717, 1.165) is 36.0 Å².